The Labute approximate surface area is 132 Å². The van der Waals surface area contributed by atoms with Gasteiger partial charge in [-0.2, -0.15) is 5.10 Å². The van der Waals surface area contributed by atoms with E-state index in [-0.39, 0.29) is 12.4 Å². The van der Waals surface area contributed by atoms with Gasteiger partial charge in [-0.05, 0) is 48.0 Å². The molecule has 120 valence electrons. The molecule has 0 unspecified atom stereocenters. The van der Waals surface area contributed by atoms with Crippen molar-refractivity contribution < 1.29 is 18.7 Å². The molecule has 0 spiro atoms. The van der Waals surface area contributed by atoms with E-state index < -0.39 is 6.03 Å². The van der Waals surface area contributed by atoms with Gasteiger partial charge in [0.2, 0.25) is 0 Å². The standard InChI is InChI=1S/C16H16FN3O3/c1-22-15-7-2-11(9-19-20-16(18)21)8-12(15)10-23-14-5-3-13(17)4-6-14/h2-9H,10H2,1H3,(H3,18,20,21). The van der Waals surface area contributed by atoms with E-state index in [0.29, 0.717) is 11.5 Å². The minimum absolute atomic E-state index is 0.236. The first kappa shape index (κ1) is 16.3. The molecule has 0 bridgehead atoms. The van der Waals surface area contributed by atoms with Crippen molar-refractivity contribution in [3.8, 4) is 11.5 Å². The molecule has 0 aliphatic carbocycles. The number of nitrogens with one attached hydrogen (secondary N) is 1. The molecule has 2 rings (SSSR count). The summed E-state index contributed by atoms with van der Waals surface area (Å²) in [5, 5.41) is 3.69. The van der Waals surface area contributed by atoms with Crippen LogP contribution in [0.25, 0.3) is 0 Å². The Morgan fingerprint density at radius 1 is 1.30 bits per heavy atom. The highest BCUT2D eigenvalue weighted by atomic mass is 19.1. The molecule has 23 heavy (non-hydrogen) atoms. The minimum atomic E-state index is -0.741. The van der Waals surface area contributed by atoms with Crippen molar-refractivity contribution in [2.24, 2.45) is 10.8 Å². The van der Waals surface area contributed by atoms with Crippen molar-refractivity contribution in [3.63, 3.8) is 0 Å². The molecule has 0 aromatic heterocycles. The number of halogens is 1. The third kappa shape index (κ3) is 4.99. The number of nitrogens with two attached hydrogens (primary N) is 1. The van der Waals surface area contributed by atoms with Gasteiger partial charge in [0, 0.05) is 5.56 Å². The number of rotatable bonds is 6. The van der Waals surface area contributed by atoms with Gasteiger partial charge < -0.3 is 15.2 Å². The second kappa shape index (κ2) is 7.79. The Morgan fingerprint density at radius 2 is 2.04 bits per heavy atom. The Balaban J connectivity index is 2.10. The summed E-state index contributed by atoms with van der Waals surface area (Å²) in [7, 11) is 1.55. The summed E-state index contributed by atoms with van der Waals surface area (Å²) in [4.78, 5) is 10.6. The summed E-state index contributed by atoms with van der Waals surface area (Å²) in [5.41, 5.74) is 8.55. The zero-order valence-electron chi connectivity index (χ0n) is 12.5. The maximum atomic E-state index is 12.9. The predicted molar refractivity (Wildman–Crippen MR) is 84.0 cm³/mol. The van der Waals surface area contributed by atoms with Crippen LogP contribution in [0.2, 0.25) is 0 Å². The number of primary amides is 1. The second-order valence-corrected chi connectivity index (χ2v) is 4.55. The summed E-state index contributed by atoms with van der Waals surface area (Å²) in [6.45, 7) is 0.236. The fourth-order valence-corrected chi connectivity index (χ4v) is 1.85. The lowest BCUT2D eigenvalue weighted by molar-refractivity contribution is 0.249. The zero-order valence-corrected chi connectivity index (χ0v) is 12.5. The van der Waals surface area contributed by atoms with Crippen molar-refractivity contribution in [3.05, 3.63) is 59.4 Å². The number of hydrazone groups is 1. The smallest absolute Gasteiger partial charge is 0.332 e. The van der Waals surface area contributed by atoms with E-state index in [1.807, 2.05) is 0 Å². The largest absolute Gasteiger partial charge is 0.496 e. The number of hydrogen-bond acceptors (Lipinski definition) is 4. The molecule has 0 saturated heterocycles. The highest BCUT2D eigenvalue weighted by molar-refractivity contribution is 5.82. The van der Waals surface area contributed by atoms with Gasteiger partial charge in [-0.15, -0.1) is 0 Å². The first-order valence-electron chi connectivity index (χ1n) is 6.72. The number of hydrogen-bond donors (Lipinski definition) is 2. The van der Waals surface area contributed by atoms with E-state index in [1.54, 1.807) is 37.4 Å². The minimum Gasteiger partial charge on any atom is -0.496 e. The quantitative estimate of drug-likeness (QED) is 0.633. The third-order valence-electron chi connectivity index (χ3n) is 2.90. The third-order valence-corrected chi connectivity index (χ3v) is 2.90. The number of urea groups is 1. The molecule has 0 saturated carbocycles. The van der Waals surface area contributed by atoms with Crippen molar-refractivity contribution >= 4 is 12.2 Å². The van der Waals surface area contributed by atoms with Gasteiger partial charge in [-0.3, -0.25) is 0 Å². The Hall–Kier alpha value is -3.09. The highest BCUT2D eigenvalue weighted by Crippen LogP contribution is 2.22. The van der Waals surface area contributed by atoms with Gasteiger partial charge in [-0.1, -0.05) is 0 Å². The zero-order chi connectivity index (χ0) is 16.7. The van der Waals surface area contributed by atoms with Crippen LogP contribution in [-0.4, -0.2) is 19.4 Å². The molecular weight excluding hydrogens is 301 g/mol. The number of methoxy groups -OCH3 is 1. The molecule has 3 N–H and O–H groups in total. The van der Waals surface area contributed by atoms with Gasteiger partial charge in [0.05, 0.1) is 13.3 Å². The van der Waals surface area contributed by atoms with E-state index in [1.165, 1.54) is 18.3 Å². The molecule has 2 aromatic rings. The van der Waals surface area contributed by atoms with Gasteiger partial charge in [-0.25, -0.2) is 14.6 Å². The molecule has 0 radical (unpaired) electrons. The molecular formula is C16H16FN3O3. The molecule has 0 heterocycles. The summed E-state index contributed by atoms with van der Waals surface area (Å²) in [6.07, 6.45) is 1.45. The first-order chi connectivity index (χ1) is 11.1. The van der Waals surface area contributed by atoms with Crippen molar-refractivity contribution in [2.45, 2.75) is 6.61 Å². The van der Waals surface area contributed by atoms with E-state index in [9.17, 15) is 9.18 Å². The summed E-state index contributed by atoms with van der Waals surface area (Å²) < 4.78 is 23.8. The molecule has 7 heteroatoms. The van der Waals surface area contributed by atoms with Crippen LogP contribution in [0.4, 0.5) is 9.18 Å². The van der Waals surface area contributed by atoms with Gasteiger partial charge in [0.1, 0.15) is 23.9 Å². The molecule has 0 fully saturated rings. The fraction of sp³-hybridized carbons (Fsp3) is 0.125. The van der Waals surface area contributed by atoms with Crippen LogP contribution < -0.4 is 20.6 Å². The van der Waals surface area contributed by atoms with Crippen LogP contribution in [0.5, 0.6) is 11.5 Å². The number of amides is 2. The van der Waals surface area contributed by atoms with Gasteiger partial charge in [0.25, 0.3) is 0 Å². The predicted octanol–water partition coefficient (Wildman–Crippen LogP) is 2.42. The first-order valence-corrected chi connectivity index (χ1v) is 6.72. The monoisotopic (exact) mass is 317 g/mol. The van der Waals surface area contributed by atoms with E-state index >= 15 is 0 Å². The lowest BCUT2D eigenvalue weighted by Crippen LogP contribution is -2.24. The topological polar surface area (TPSA) is 85.9 Å². The lowest BCUT2D eigenvalue weighted by Gasteiger charge is -2.11. The number of carbonyl (C=O) groups is 1. The molecule has 6 nitrogen and oxygen atoms in total. The van der Waals surface area contributed by atoms with Gasteiger partial charge >= 0.3 is 6.03 Å². The second-order valence-electron chi connectivity index (χ2n) is 4.55. The van der Waals surface area contributed by atoms with Crippen molar-refractivity contribution in [2.75, 3.05) is 7.11 Å². The van der Waals surface area contributed by atoms with Crippen LogP contribution in [-0.2, 0) is 6.61 Å². The van der Waals surface area contributed by atoms with E-state index in [2.05, 4.69) is 10.5 Å². The maximum Gasteiger partial charge on any atom is 0.332 e. The average Bonchev–Trinajstić information content (AvgIpc) is 2.54. The molecule has 2 aromatic carbocycles. The Bertz CT molecular complexity index is 702. The average molecular weight is 317 g/mol. The Kier molecular flexibility index (Phi) is 5.51. The number of carbonyl (C=O) groups excluding carboxylic acids is 1. The van der Waals surface area contributed by atoms with Gasteiger partial charge in [0.15, 0.2) is 0 Å². The van der Waals surface area contributed by atoms with Crippen LogP contribution in [0.3, 0.4) is 0 Å². The SMILES string of the molecule is COc1ccc(C=NNC(N)=O)cc1COc1ccc(F)cc1. The fourth-order valence-electron chi connectivity index (χ4n) is 1.85. The van der Waals surface area contributed by atoms with E-state index in [4.69, 9.17) is 15.2 Å². The summed E-state index contributed by atoms with van der Waals surface area (Å²) in [6, 6.07) is 10.3. The van der Waals surface area contributed by atoms with E-state index in [0.717, 1.165) is 11.1 Å². The maximum absolute atomic E-state index is 12.9. The molecule has 0 aliphatic rings. The van der Waals surface area contributed by atoms with Crippen molar-refractivity contribution in [1.29, 1.82) is 0 Å². The molecule has 0 atom stereocenters. The van der Waals surface area contributed by atoms with Crippen LogP contribution in [0.1, 0.15) is 11.1 Å². The summed E-state index contributed by atoms with van der Waals surface area (Å²) >= 11 is 0. The van der Waals surface area contributed by atoms with Crippen molar-refractivity contribution in [1.82, 2.24) is 5.43 Å². The lowest BCUT2D eigenvalue weighted by atomic mass is 10.1. The van der Waals surface area contributed by atoms with Crippen LogP contribution in [0.15, 0.2) is 47.6 Å². The number of ether oxygens (including phenoxy) is 2. The normalized spacial score (nSPS) is 10.5. The molecule has 2 amide bonds. The number of benzene rings is 2. The highest BCUT2D eigenvalue weighted by Gasteiger charge is 2.05. The summed E-state index contributed by atoms with van der Waals surface area (Å²) in [5.74, 6) is 0.866. The van der Waals surface area contributed by atoms with Crippen LogP contribution >= 0.6 is 0 Å². The van der Waals surface area contributed by atoms with Crippen LogP contribution in [0, 0.1) is 5.82 Å². The Morgan fingerprint density at radius 3 is 2.70 bits per heavy atom. The molecule has 0 aliphatic heterocycles. The number of nitrogens with zero attached hydrogens (tertiary/aromatic N) is 1.